The van der Waals surface area contributed by atoms with Gasteiger partial charge < -0.3 is 20.2 Å². The van der Waals surface area contributed by atoms with E-state index in [1.807, 2.05) is 25.9 Å². The van der Waals surface area contributed by atoms with Crippen LogP contribution in [0.25, 0.3) is 0 Å². The van der Waals surface area contributed by atoms with Crippen molar-refractivity contribution in [1.29, 1.82) is 0 Å². The van der Waals surface area contributed by atoms with E-state index in [2.05, 4.69) is 30.8 Å². The number of ether oxygens (including phenoxy) is 1. The molecule has 0 aliphatic rings. The maximum absolute atomic E-state index is 5.18. The molecule has 0 radical (unpaired) electrons. The molecule has 7 heteroatoms. The van der Waals surface area contributed by atoms with E-state index in [9.17, 15) is 0 Å². The zero-order chi connectivity index (χ0) is 13.8. The summed E-state index contributed by atoms with van der Waals surface area (Å²) >= 11 is 9.36. The molecule has 0 bridgehead atoms. The minimum atomic E-state index is 0.123. The number of hydrogen-bond acceptors (Lipinski definition) is 5. The molecule has 0 spiro atoms. The van der Waals surface area contributed by atoms with Gasteiger partial charge in [0.2, 0.25) is 0 Å². The third-order valence-corrected chi connectivity index (χ3v) is 2.02. The molecule has 5 nitrogen and oxygen atoms in total. The number of nitrogens with two attached hydrogens (primary N) is 1. The summed E-state index contributed by atoms with van der Waals surface area (Å²) in [6, 6.07) is 0. The summed E-state index contributed by atoms with van der Waals surface area (Å²) in [6.07, 6.45) is 0. The smallest absolute Gasteiger partial charge is 0.281 e. The van der Waals surface area contributed by atoms with Crippen LogP contribution in [0.3, 0.4) is 0 Å². The first-order chi connectivity index (χ1) is 7.88. The van der Waals surface area contributed by atoms with Gasteiger partial charge >= 0.3 is 0 Å². The van der Waals surface area contributed by atoms with Gasteiger partial charge in [-0.05, 0) is 45.2 Å². The van der Waals surface area contributed by atoms with Crippen molar-refractivity contribution in [1.82, 2.24) is 9.96 Å². The van der Waals surface area contributed by atoms with E-state index in [0.29, 0.717) is 11.8 Å². The second-order valence-electron chi connectivity index (χ2n) is 3.09. The first-order valence-electron chi connectivity index (χ1n) is 5.45. The Kier molecular flexibility index (Phi) is 13.0. The zero-order valence-electron chi connectivity index (χ0n) is 11.2. The lowest BCUT2D eigenvalue weighted by Crippen LogP contribution is -2.34. The lowest BCUT2D eigenvalue weighted by molar-refractivity contribution is -0.0311. The molecule has 0 aliphatic heterocycles. The van der Waals surface area contributed by atoms with Crippen LogP contribution in [0, 0.1) is 0 Å². The predicted octanol–water partition coefficient (Wildman–Crippen LogP) is 1.37. The van der Waals surface area contributed by atoms with Gasteiger partial charge in [0.15, 0.2) is 0 Å². The molecule has 0 aromatic rings. The average molecular weight is 281 g/mol. The lowest BCUT2D eigenvalue weighted by Gasteiger charge is -2.23. The molecule has 0 unspecified atom stereocenters. The van der Waals surface area contributed by atoms with Gasteiger partial charge in [0.1, 0.15) is 0 Å². The number of thiocarbonyl (C=S) groups is 2. The van der Waals surface area contributed by atoms with Crippen molar-refractivity contribution < 1.29 is 9.57 Å². The standard InChI is InChI=1S/C7H16N2OS.C3H7NOS/c1-5-9(6-2)7(11)10-8(3)4;1-2-5-3(4)6/h5-6H2,1-4H3;2H2,1H3,(H2,4,6). The van der Waals surface area contributed by atoms with E-state index in [1.54, 1.807) is 5.06 Å². The van der Waals surface area contributed by atoms with Gasteiger partial charge in [-0.15, -0.1) is 5.06 Å². The van der Waals surface area contributed by atoms with E-state index in [-0.39, 0.29) is 5.17 Å². The van der Waals surface area contributed by atoms with Crippen molar-refractivity contribution >= 4 is 34.8 Å². The van der Waals surface area contributed by atoms with Gasteiger partial charge in [-0.2, -0.15) is 0 Å². The van der Waals surface area contributed by atoms with Crippen LogP contribution in [0.15, 0.2) is 0 Å². The normalized spacial score (nSPS) is 9.06. The van der Waals surface area contributed by atoms with Crippen LogP contribution in [-0.4, -0.2) is 54.1 Å². The lowest BCUT2D eigenvalue weighted by atomic mass is 10.6. The maximum atomic E-state index is 5.18. The molecule has 2 N–H and O–H groups in total. The fourth-order valence-corrected chi connectivity index (χ4v) is 1.36. The SMILES string of the molecule is CCN(CC)C(=S)ON(C)C.CCOC(N)=S. The Hall–Kier alpha value is -0.660. The molecule has 0 aromatic heterocycles. The molecular weight excluding hydrogens is 258 g/mol. The summed E-state index contributed by atoms with van der Waals surface area (Å²) in [5.74, 6) is 0. The van der Waals surface area contributed by atoms with Crippen LogP contribution in [0.5, 0.6) is 0 Å². The van der Waals surface area contributed by atoms with E-state index < -0.39 is 0 Å². The van der Waals surface area contributed by atoms with Crippen molar-refractivity contribution in [3.05, 3.63) is 0 Å². The van der Waals surface area contributed by atoms with Crippen molar-refractivity contribution in [3.63, 3.8) is 0 Å². The van der Waals surface area contributed by atoms with Gasteiger partial charge in [0.05, 0.1) is 6.61 Å². The summed E-state index contributed by atoms with van der Waals surface area (Å²) < 4.78 is 4.55. The fourth-order valence-electron chi connectivity index (χ4n) is 0.838. The topological polar surface area (TPSA) is 51.0 Å². The van der Waals surface area contributed by atoms with Crippen LogP contribution in [-0.2, 0) is 9.57 Å². The molecular formula is C10H23N3O2S2. The predicted molar refractivity (Wildman–Crippen MR) is 78.7 cm³/mol. The molecule has 0 atom stereocenters. The van der Waals surface area contributed by atoms with Gasteiger partial charge in [-0.1, -0.05) is 0 Å². The zero-order valence-corrected chi connectivity index (χ0v) is 12.9. The van der Waals surface area contributed by atoms with Gasteiger partial charge in [0, 0.05) is 27.2 Å². The summed E-state index contributed by atoms with van der Waals surface area (Å²) in [5, 5.41) is 2.26. The summed E-state index contributed by atoms with van der Waals surface area (Å²) in [7, 11) is 3.63. The van der Waals surface area contributed by atoms with Crippen molar-refractivity contribution in [2.75, 3.05) is 33.8 Å². The van der Waals surface area contributed by atoms with Gasteiger partial charge in [0.25, 0.3) is 10.3 Å². The Morgan fingerprint density at radius 3 is 1.76 bits per heavy atom. The molecule has 0 fully saturated rings. The minimum absolute atomic E-state index is 0.123. The highest BCUT2D eigenvalue weighted by Gasteiger charge is 2.06. The van der Waals surface area contributed by atoms with Crippen molar-refractivity contribution in [2.24, 2.45) is 5.73 Å². The number of rotatable bonds is 4. The third-order valence-electron chi connectivity index (χ3n) is 1.57. The maximum Gasteiger partial charge on any atom is 0.281 e. The largest absolute Gasteiger partial charge is 0.472 e. The summed E-state index contributed by atoms with van der Waals surface area (Å²) in [4.78, 5) is 7.17. The highest BCUT2D eigenvalue weighted by molar-refractivity contribution is 7.80. The molecule has 0 saturated carbocycles. The number of nitrogens with zero attached hydrogens (tertiary/aromatic N) is 2. The third kappa shape index (κ3) is 13.3. The Morgan fingerprint density at radius 2 is 1.59 bits per heavy atom. The minimum Gasteiger partial charge on any atom is -0.472 e. The van der Waals surface area contributed by atoms with Crippen LogP contribution in [0.1, 0.15) is 20.8 Å². The molecule has 0 aliphatic carbocycles. The summed E-state index contributed by atoms with van der Waals surface area (Å²) in [5.41, 5.74) is 4.91. The second-order valence-corrected chi connectivity index (χ2v) is 3.85. The molecule has 102 valence electrons. The molecule has 0 saturated heterocycles. The van der Waals surface area contributed by atoms with Crippen LogP contribution < -0.4 is 5.73 Å². The fraction of sp³-hybridized carbons (Fsp3) is 0.800. The average Bonchev–Trinajstić information content (AvgIpc) is 2.18. The van der Waals surface area contributed by atoms with Gasteiger partial charge in [-0.25, -0.2) is 0 Å². The Balaban J connectivity index is 0. The van der Waals surface area contributed by atoms with Crippen molar-refractivity contribution in [3.8, 4) is 0 Å². The molecule has 0 heterocycles. The van der Waals surface area contributed by atoms with Crippen LogP contribution in [0.4, 0.5) is 0 Å². The first-order valence-corrected chi connectivity index (χ1v) is 6.26. The number of hydroxylamine groups is 2. The van der Waals surface area contributed by atoms with E-state index in [1.165, 1.54) is 0 Å². The molecule has 17 heavy (non-hydrogen) atoms. The Bertz CT molecular complexity index is 222. The van der Waals surface area contributed by atoms with E-state index >= 15 is 0 Å². The quantitative estimate of drug-likeness (QED) is 0.617. The van der Waals surface area contributed by atoms with Gasteiger partial charge in [-0.3, -0.25) is 0 Å². The molecule has 0 amide bonds. The highest BCUT2D eigenvalue weighted by atomic mass is 32.1. The van der Waals surface area contributed by atoms with E-state index in [4.69, 9.17) is 22.8 Å². The monoisotopic (exact) mass is 281 g/mol. The first kappa shape index (κ1) is 18.7. The molecule has 0 aromatic carbocycles. The molecule has 0 rings (SSSR count). The number of hydrogen-bond donors (Lipinski definition) is 1. The Morgan fingerprint density at radius 1 is 1.12 bits per heavy atom. The van der Waals surface area contributed by atoms with Crippen LogP contribution in [0.2, 0.25) is 0 Å². The van der Waals surface area contributed by atoms with Crippen molar-refractivity contribution in [2.45, 2.75) is 20.8 Å². The highest BCUT2D eigenvalue weighted by Crippen LogP contribution is 1.94. The summed E-state index contributed by atoms with van der Waals surface area (Å²) in [6.45, 7) is 8.28. The van der Waals surface area contributed by atoms with E-state index in [0.717, 1.165) is 13.1 Å². The Labute approximate surface area is 115 Å². The second kappa shape index (κ2) is 11.8. The van der Waals surface area contributed by atoms with Crippen LogP contribution >= 0.6 is 24.4 Å².